The number of ether oxygens (including phenoxy) is 1. The summed E-state index contributed by atoms with van der Waals surface area (Å²) in [5, 5.41) is 0. The molecule has 0 heterocycles. The van der Waals surface area contributed by atoms with Crippen molar-refractivity contribution in [2.24, 2.45) is 0 Å². The van der Waals surface area contributed by atoms with Gasteiger partial charge in [-0.3, -0.25) is 4.79 Å². The maximum absolute atomic E-state index is 13.0. The van der Waals surface area contributed by atoms with Crippen LogP contribution in [0.5, 0.6) is 5.75 Å². The van der Waals surface area contributed by atoms with E-state index in [2.05, 4.69) is 15.9 Å². The van der Waals surface area contributed by atoms with Gasteiger partial charge in [0.1, 0.15) is 11.6 Å². The molecular formula is C15H12BrFO2. The van der Waals surface area contributed by atoms with Gasteiger partial charge in [-0.15, -0.1) is 0 Å². The zero-order chi connectivity index (χ0) is 13.8. The van der Waals surface area contributed by atoms with E-state index in [1.165, 1.54) is 18.2 Å². The molecule has 0 radical (unpaired) electrons. The van der Waals surface area contributed by atoms with Crippen molar-refractivity contribution in [3.05, 3.63) is 63.9 Å². The van der Waals surface area contributed by atoms with E-state index < -0.39 is 0 Å². The average Bonchev–Trinajstić information content (AvgIpc) is 2.40. The van der Waals surface area contributed by atoms with Crippen LogP contribution in [-0.2, 0) is 0 Å². The van der Waals surface area contributed by atoms with Crippen LogP contribution in [0, 0.1) is 12.7 Å². The molecule has 0 aliphatic heterocycles. The molecule has 0 aliphatic carbocycles. The van der Waals surface area contributed by atoms with Crippen molar-refractivity contribution < 1.29 is 13.9 Å². The van der Waals surface area contributed by atoms with E-state index in [1.807, 2.05) is 25.1 Å². The standard InChI is InChI=1S/C15H12BrFO2/c1-10-3-2-4-11(7-10)15(18)9-19-12-5-6-14(17)13(16)8-12/h2-8H,9H2,1H3. The van der Waals surface area contributed by atoms with Gasteiger partial charge in [0.05, 0.1) is 4.47 Å². The van der Waals surface area contributed by atoms with Crippen LogP contribution in [-0.4, -0.2) is 12.4 Å². The average molecular weight is 323 g/mol. The summed E-state index contributed by atoms with van der Waals surface area (Å²) < 4.78 is 18.7. The molecule has 0 spiro atoms. The molecule has 0 bridgehead atoms. The minimum Gasteiger partial charge on any atom is -0.485 e. The first kappa shape index (κ1) is 13.7. The molecular weight excluding hydrogens is 311 g/mol. The van der Waals surface area contributed by atoms with Gasteiger partial charge < -0.3 is 4.74 Å². The Balaban J connectivity index is 2.02. The fraction of sp³-hybridized carbons (Fsp3) is 0.133. The van der Waals surface area contributed by atoms with E-state index in [0.29, 0.717) is 15.8 Å². The topological polar surface area (TPSA) is 26.3 Å². The first-order valence-corrected chi connectivity index (χ1v) is 6.53. The summed E-state index contributed by atoms with van der Waals surface area (Å²) in [5.74, 6) is -0.0178. The molecule has 0 aliphatic rings. The number of carbonyl (C=O) groups is 1. The van der Waals surface area contributed by atoms with Gasteiger partial charge in [-0.05, 0) is 47.1 Å². The van der Waals surface area contributed by atoms with Crippen LogP contribution in [0.25, 0.3) is 0 Å². The van der Waals surface area contributed by atoms with Gasteiger partial charge >= 0.3 is 0 Å². The SMILES string of the molecule is Cc1cccc(C(=O)COc2ccc(F)c(Br)c2)c1. The maximum atomic E-state index is 13.0. The van der Waals surface area contributed by atoms with E-state index in [-0.39, 0.29) is 18.2 Å². The van der Waals surface area contributed by atoms with E-state index in [4.69, 9.17) is 4.74 Å². The second-order valence-electron chi connectivity index (χ2n) is 4.16. The smallest absolute Gasteiger partial charge is 0.200 e. The van der Waals surface area contributed by atoms with Crippen LogP contribution in [0.15, 0.2) is 46.9 Å². The van der Waals surface area contributed by atoms with E-state index in [1.54, 1.807) is 6.07 Å². The van der Waals surface area contributed by atoms with Crippen molar-refractivity contribution in [1.29, 1.82) is 0 Å². The number of hydrogen-bond donors (Lipinski definition) is 0. The van der Waals surface area contributed by atoms with Gasteiger partial charge in [0.25, 0.3) is 0 Å². The molecule has 2 aromatic carbocycles. The van der Waals surface area contributed by atoms with Crippen molar-refractivity contribution in [1.82, 2.24) is 0 Å². The van der Waals surface area contributed by atoms with E-state index in [9.17, 15) is 9.18 Å². The van der Waals surface area contributed by atoms with Gasteiger partial charge in [0.2, 0.25) is 0 Å². The molecule has 19 heavy (non-hydrogen) atoms. The summed E-state index contributed by atoms with van der Waals surface area (Å²) in [6.07, 6.45) is 0. The first-order chi connectivity index (χ1) is 9.06. The van der Waals surface area contributed by atoms with Crippen molar-refractivity contribution in [3.63, 3.8) is 0 Å². The summed E-state index contributed by atoms with van der Waals surface area (Å²) in [6.45, 7) is 1.86. The maximum Gasteiger partial charge on any atom is 0.200 e. The van der Waals surface area contributed by atoms with Gasteiger partial charge in [0, 0.05) is 5.56 Å². The Kier molecular flexibility index (Phi) is 4.32. The van der Waals surface area contributed by atoms with Crippen molar-refractivity contribution in [3.8, 4) is 5.75 Å². The van der Waals surface area contributed by atoms with Crippen LogP contribution >= 0.6 is 15.9 Å². The molecule has 0 amide bonds. The lowest BCUT2D eigenvalue weighted by molar-refractivity contribution is 0.0921. The quantitative estimate of drug-likeness (QED) is 0.790. The Morgan fingerprint density at radius 1 is 1.26 bits per heavy atom. The first-order valence-electron chi connectivity index (χ1n) is 5.74. The second-order valence-corrected chi connectivity index (χ2v) is 5.01. The molecule has 2 rings (SSSR count). The Labute approximate surface area is 119 Å². The van der Waals surface area contributed by atoms with Crippen molar-refractivity contribution in [2.45, 2.75) is 6.92 Å². The number of carbonyl (C=O) groups excluding carboxylic acids is 1. The lowest BCUT2D eigenvalue weighted by Gasteiger charge is -2.06. The largest absolute Gasteiger partial charge is 0.485 e. The highest BCUT2D eigenvalue weighted by Crippen LogP contribution is 2.21. The number of benzene rings is 2. The summed E-state index contributed by atoms with van der Waals surface area (Å²) in [6, 6.07) is 11.6. The number of rotatable bonds is 4. The monoisotopic (exact) mass is 322 g/mol. The molecule has 0 unspecified atom stereocenters. The highest BCUT2D eigenvalue weighted by Gasteiger charge is 2.08. The summed E-state index contributed by atoms with van der Waals surface area (Å²) >= 11 is 3.07. The predicted octanol–water partition coefficient (Wildman–Crippen LogP) is 4.16. The summed E-state index contributed by atoms with van der Waals surface area (Å²) in [4.78, 5) is 11.9. The lowest BCUT2D eigenvalue weighted by atomic mass is 10.1. The molecule has 0 saturated carbocycles. The van der Waals surface area contributed by atoms with Crippen molar-refractivity contribution >= 4 is 21.7 Å². The third-order valence-electron chi connectivity index (χ3n) is 2.60. The van der Waals surface area contributed by atoms with Crippen LogP contribution in [0.1, 0.15) is 15.9 Å². The molecule has 2 nitrogen and oxygen atoms in total. The minimum absolute atomic E-state index is 0.0679. The molecule has 0 aromatic heterocycles. The summed E-state index contributed by atoms with van der Waals surface area (Å²) in [5.41, 5.74) is 1.64. The van der Waals surface area contributed by atoms with Gasteiger partial charge in [-0.1, -0.05) is 23.8 Å². The molecule has 0 atom stereocenters. The molecule has 2 aromatic rings. The zero-order valence-corrected chi connectivity index (χ0v) is 11.9. The number of ketones is 1. The molecule has 4 heteroatoms. The Hall–Kier alpha value is -1.68. The normalized spacial score (nSPS) is 10.3. The third kappa shape index (κ3) is 3.64. The highest BCUT2D eigenvalue weighted by molar-refractivity contribution is 9.10. The van der Waals surface area contributed by atoms with E-state index >= 15 is 0 Å². The zero-order valence-electron chi connectivity index (χ0n) is 10.3. The third-order valence-corrected chi connectivity index (χ3v) is 3.21. The molecule has 98 valence electrons. The highest BCUT2D eigenvalue weighted by atomic mass is 79.9. The number of aryl methyl sites for hydroxylation is 1. The van der Waals surface area contributed by atoms with Gasteiger partial charge in [-0.25, -0.2) is 4.39 Å². The number of halogens is 2. The number of Topliss-reactive ketones (excluding diaryl/α,β-unsaturated/α-hetero) is 1. The predicted molar refractivity (Wildman–Crippen MR) is 75.1 cm³/mol. The van der Waals surface area contributed by atoms with Crippen LogP contribution in [0.4, 0.5) is 4.39 Å². The van der Waals surface area contributed by atoms with Crippen LogP contribution in [0.3, 0.4) is 0 Å². The van der Waals surface area contributed by atoms with E-state index in [0.717, 1.165) is 5.56 Å². The minimum atomic E-state index is -0.364. The van der Waals surface area contributed by atoms with Crippen molar-refractivity contribution in [2.75, 3.05) is 6.61 Å². The Morgan fingerprint density at radius 3 is 2.74 bits per heavy atom. The van der Waals surface area contributed by atoms with Crippen LogP contribution in [0.2, 0.25) is 0 Å². The van der Waals surface area contributed by atoms with Gasteiger partial charge in [-0.2, -0.15) is 0 Å². The molecule has 0 fully saturated rings. The lowest BCUT2D eigenvalue weighted by Crippen LogP contribution is -2.11. The molecule has 0 N–H and O–H groups in total. The van der Waals surface area contributed by atoms with Gasteiger partial charge in [0.15, 0.2) is 12.4 Å². The summed E-state index contributed by atoms with van der Waals surface area (Å²) in [7, 11) is 0. The second kappa shape index (κ2) is 5.97. The number of hydrogen-bond acceptors (Lipinski definition) is 2. The van der Waals surface area contributed by atoms with Crippen LogP contribution < -0.4 is 4.74 Å². The Morgan fingerprint density at radius 2 is 2.05 bits per heavy atom. The fourth-order valence-corrected chi connectivity index (χ4v) is 1.98. The fourth-order valence-electron chi connectivity index (χ4n) is 1.62. The Bertz CT molecular complexity index is 611. The molecule has 0 saturated heterocycles.